The summed E-state index contributed by atoms with van der Waals surface area (Å²) in [4.78, 5) is 12.2. The van der Waals surface area contributed by atoms with Gasteiger partial charge in [-0.1, -0.05) is 41.9 Å². The van der Waals surface area contributed by atoms with Crippen LogP contribution in [0.2, 0.25) is 5.02 Å². The molecule has 3 heteroatoms. The van der Waals surface area contributed by atoms with E-state index in [0.29, 0.717) is 11.1 Å². The molecule has 0 aliphatic heterocycles. The number of halogens is 2. The molecule has 0 saturated carbocycles. The summed E-state index contributed by atoms with van der Waals surface area (Å²) in [5.74, 6) is -0.606. The molecule has 2 rings (SSSR count). The minimum atomic E-state index is -0.511. The van der Waals surface area contributed by atoms with Crippen molar-refractivity contribution >= 4 is 17.4 Å². The number of rotatable bonds is 3. The van der Waals surface area contributed by atoms with Gasteiger partial charge in [0.25, 0.3) is 0 Å². The fraction of sp³-hybridized carbons (Fsp3) is 0.188. The number of hydrogen-bond donors (Lipinski definition) is 0. The van der Waals surface area contributed by atoms with Crippen molar-refractivity contribution in [1.29, 1.82) is 0 Å². The van der Waals surface area contributed by atoms with Crippen molar-refractivity contribution < 1.29 is 9.18 Å². The van der Waals surface area contributed by atoms with Gasteiger partial charge in [0.15, 0.2) is 5.78 Å². The maximum atomic E-state index is 13.8. The standard InChI is InChI=1S/C16H14ClFO/c1-10-5-3-7-13(11(10)2)15(19)9-12-6-4-8-14(17)16(12)18/h3-8H,9H2,1-2H3. The summed E-state index contributed by atoms with van der Waals surface area (Å²) in [6.07, 6.45) is 0.0245. The average Bonchev–Trinajstić information content (AvgIpc) is 2.38. The van der Waals surface area contributed by atoms with Gasteiger partial charge >= 0.3 is 0 Å². The summed E-state index contributed by atoms with van der Waals surface area (Å²) in [5, 5.41) is 0.0475. The Balaban J connectivity index is 2.31. The fourth-order valence-corrected chi connectivity index (χ4v) is 2.20. The molecule has 0 N–H and O–H groups in total. The molecule has 0 radical (unpaired) electrons. The number of benzene rings is 2. The van der Waals surface area contributed by atoms with Crippen molar-refractivity contribution in [2.24, 2.45) is 0 Å². The van der Waals surface area contributed by atoms with Gasteiger partial charge in [-0.05, 0) is 36.6 Å². The Hall–Kier alpha value is -1.67. The molecule has 0 bridgehead atoms. The summed E-state index contributed by atoms with van der Waals surface area (Å²) < 4.78 is 13.8. The van der Waals surface area contributed by atoms with E-state index in [9.17, 15) is 9.18 Å². The van der Waals surface area contributed by atoms with Crippen LogP contribution in [0.3, 0.4) is 0 Å². The third kappa shape index (κ3) is 2.85. The van der Waals surface area contributed by atoms with E-state index in [2.05, 4.69) is 0 Å². The SMILES string of the molecule is Cc1cccc(C(=O)Cc2cccc(Cl)c2F)c1C. The van der Waals surface area contributed by atoms with Crippen molar-refractivity contribution in [1.82, 2.24) is 0 Å². The van der Waals surface area contributed by atoms with Crippen molar-refractivity contribution in [3.63, 3.8) is 0 Å². The van der Waals surface area contributed by atoms with Crippen LogP contribution in [0.25, 0.3) is 0 Å². The van der Waals surface area contributed by atoms with E-state index in [-0.39, 0.29) is 17.2 Å². The summed E-state index contributed by atoms with van der Waals surface area (Å²) in [6, 6.07) is 10.3. The van der Waals surface area contributed by atoms with Crippen molar-refractivity contribution in [2.45, 2.75) is 20.3 Å². The van der Waals surface area contributed by atoms with E-state index in [1.807, 2.05) is 26.0 Å². The summed E-state index contributed by atoms with van der Waals surface area (Å²) in [6.45, 7) is 3.85. The first-order valence-corrected chi connectivity index (χ1v) is 6.41. The molecule has 1 nitrogen and oxygen atoms in total. The van der Waals surface area contributed by atoms with Gasteiger partial charge in [-0.2, -0.15) is 0 Å². The molecular formula is C16H14ClFO. The van der Waals surface area contributed by atoms with Gasteiger partial charge in [0.1, 0.15) is 5.82 Å². The highest BCUT2D eigenvalue weighted by atomic mass is 35.5. The molecule has 0 fully saturated rings. The lowest BCUT2D eigenvalue weighted by atomic mass is 9.96. The predicted molar refractivity (Wildman–Crippen MR) is 75.4 cm³/mol. The summed E-state index contributed by atoms with van der Waals surface area (Å²) in [7, 11) is 0. The van der Waals surface area contributed by atoms with Crippen LogP contribution in [-0.4, -0.2) is 5.78 Å². The number of hydrogen-bond acceptors (Lipinski definition) is 1. The van der Waals surface area contributed by atoms with Gasteiger partial charge in [-0.25, -0.2) is 4.39 Å². The Bertz CT molecular complexity index is 635. The second-order valence-corrected chi connectivity index (χ2v) is 4.97. The van der Waals surface area contributed by atoms with E-state index in [0.717, 1.165) is 11.1 Å². The number of aryl methyl sites for hydroxylation is 1. The molecule has 2 aromatic rings. The first-order valence-electron chi connectivity index (χ1n) is 6.03. The molecule has 0 atom stereocenters. The van der Waals surface area contributed by atoms with Crippen LogP contribution in [0.15, 0.2) is 36.4 Å². The van der Waals surface area contributed by atoms with E-state index >= 15 is 0 Å². The second kappa shape index (κ2) is 5.54. The molecule has 19 heavy (non-hydrogen) atoms. The van der Waals surface area contributed by atoms with Gasteiger partial charge in [0.05, 0.1) is 5.02 Å². The van der Waals surface area contributed by atoms with Gasteiger partial charge in [0.2, 0.25) is 0 Å². The second-order valence-electron chi connectivity index (χ2n) is 4.56. The number of ketones is 1. The molecule has 98 valence electrons. The Kier molecular flexibility index (Phi) is 4.01. The van der Waals surface area contributed by atoms with Crippen LogP contribution < -0.4 is 0 Å². The quantitative estimate of drug-likeness (QED) is 0.753. The van der Waals surface area contributed by atoms with Crippen molar-refractivity contribution in [2.75, 3.05) is 0 Å². The Morgan fingerprint density at radius 3 is 2.58 bits per heavy atom. The maximum absolute atomic E-state index is 13.8. The third-order valence-corrected chi connectivity index (χ3v) is 3.58. The molecule has 0 amide bonds. The fourth-order valence-electron chi connectivity index (χ4n) is 2.01. The Morgan fingerprint density at radius 1 is 1.16 bits per heavy atom. The zero-order valence-corrected chi connectivity index (χ0v) is 11.6. The van der Waals surface area contributed by atoms with Gasteiger partial charge in [-0.15, -0.1) is 0 Å². The lowest BCUT2D eigenvalue weighted by Crippen LogP contribution is -2.08. The number of Topliss-reactive ketones (excluding diaryl/α,β-unsaturated/α-hetero) is 1. The molecule has 2 aromatic carbocycles. The molecule has 0 heterocycles. The monoisotopic (exact) mass is 276 g/mol. The van der Waals surface area contributed by atoms with E-state index in [4.69, 9.17) is 11.6 Å². The third-order valence-electron chi connectivity index (χ3n) is 3.29. The van der Waals surface area contributed by atoms with Gasteiger partial charge in [0, 0.05) is 12.0 Å². The van der Waals surface area contributed by atoms with Gasteiger partial charge in [-0.3, -0.25) is 4.79 Å². The smallest absolute Gasteiger partial charge is 0.167 e. The Labute approximate surface area is 117 Å². The average molecular weight is 277 g/mol. The normalized spacial score (nSPS) is 10.5. The van der Waals surface area contributed by atoms with Crippen LogP contribution >= 0.6 is 11.6 Å². The van der Waals surface area contributed by atoms with Crippen LogP contribution in [0.5, 0.6) is 0 Å². The first-order chi connectivity index (χ1) is 9.00. The predicted octanol–water partition coefficient (Wildman–Crippen LogP) is 4.52. The largest absolute Gasteiger partial charge is 0.294 e. The zero-order chi connectivity index (χ0) is 14.0. The summed E-state index contributed by atoms with van der Waals surface area (Å²) in [5.41, 5.74) is 2.96. The van der Waals surface area contributed by atoms with Crippen molar-refractivity contribution in [3.8, 4) is 0 Å². The van der Waals surface area contributed by atoms with Crippen LogP contribution in [0, 0.1) is 19.7 Å². The van der Waals surface area contributed by atoms with Crippen molar-refractivity contribution in [3.05, 3.63) is 69.5 Å². The minimum absolute atomic E-state index is 0.0245. The van der Waals surface area contributed by atoms with E-state index in [1.165, 1.54) is 6.07 Å². The lowest BCUT2D eigenvalue weighted by Gasteiger charge is -2.08. The maximum Gasteiger partial charge on any atom is 0.167 e. The number of carbonyl (C=O) groups excluding carboxylic acids is 1. The molecule has 0 spiro atoms. The first kappa shape index (κ1) is 13.8. The van der Waals surface area contributed by atoms with Crippen LogP contribution in [-0.2, 0) is 6.42 Å². The zero-order valence-electron chi connectivity index (χ0n) is 10.8. The topological polar surface area (TPSA) is 17.1 Å². The highest BCUT2D eigenvalue weighted by Crippen LogP contribution is 2.21. The van der Waals surface area contributed by atoms with Crippen LogP contribution in [0.1, 0.15) is 27.0 Å². The molecule has 0 aromatic heterocycles. The highest BCUT2D eigenvalue weighted by Gasteiger charge is 2.14. The summed E-state index contributed by atoms with van der Waals surface area (Å²) >= 11 is 5.71. The van der Waals surface area contributed by atoms with E-state index in [1.54, 1.807) is 18.2 Å². The Morgan fingerprint density at radius 2 is 1.84 bits per heavy atom. The van der Waals surface area contributed by atoms with Crippen LogP contribution in [0.4, 0.5) is 4.39 Å². The molecule has 0 aliphatic carbocycles. The highest BCUT2D eigenvalue weighted by molar-refractivity contribution is 6.30. The van der Waals surface area contributed by atoms with E-state index < -0.39 is 5.82 Å². The molecular weight excluding hydrogens is 263 g/mol. The molecule has 0 unspecified atom stereocenters. The van der Waals surface area contributed by atoms with Gasteiger partial charge < -0.3 is 0 Å². The lowest BCUT2D eigenvalue weighted by molar-refractivity contribution is 0.0991. The molecule has 0 saturated heterocycles. The molecule has 0 aliphatic rings. The minimum Gasteiger partial charge on any atom is -0.294 e. The number of carbonyl (C=O) groups is 1.